The van der Waals surface area contributed by atoms with Crippen LogP contribution in [-0.2, 0) is 6.42 Å². The molecule has 1 aliphatic rings. The second kappa shape index (κ2) is 6.34. The van der Waals surface area contributed by atoms with Crippen molar-refractivity contribution in [1.29, 1.82) is 0 Å². The Labute approximate surface area is 132 Å². The number of aliphatic hydroxyl groups is 1. The highest BCUT2D eigenvalue weighted by molar-refractivity contribution is 5.89. The number of carbonyl (C=O) groups excluding carboxylic acids is 1. The lowest BCUT2D eigenvalue weighted by molar-refractivity contribution is 0.135. The Hall–Kier alpha value is -2.47. The molecule has 23 heavy (non-hydrogen) atoms. The topological polar surface area (TPSA) is 52.6 Å². The number of nitrogens with zero attached hydrogens (tertiary/aromatic N) is 1. The Kier molecular flexibility index (Phi) is 4.25. The molecule has 0 saturated carbocycles. The van der Waals surface area contributed by atoms with Crippen molar-refractivity contribution in [3.05, 3.63) is 65.2 Å². The number of nitrogens with one attached hydrogen (secondary N) is 1. The van der Waals surface area contributed by atoms with E-state index in [1.807, 2.05) is 24.3 Å². The van der Waals surface area contributed by atoms with Crippen LogP contribution in [0.5, 0.6) is 0 Å². The maximum Gasteiger partial charge on any atom is 0.322 e. The van der Waals surface area contributed by atoms with Gasteiger partial charge in [0.05, 0.1) is 12.6 Å². The van der Waals surface area contributed by atoms with Gasteiger partial charge in [-0.15, -0.1) is 0 Å². The fraction of sp³-hybridized carbons (Fsp3) is 0.235. The van der Waals surface area contributed by atoms with Crippen LogP contribution in [0, 0.1) is 11.6 Å². The molecule has 1 atom stereocenters. The standard InChI is InChI=1S/C17H16F2N2O2/c18-12-7-13(19)9-14(8-12)20-17(23)21-6-5-11-3-1-2-4-15(11)16(21)10-22/h1-4,7-9,16,22H,5-6,10H2,(H,20,23). The van der Waals surface area contributed by atoms with Gasteiger partial charge in [0, 0.05) is 18.3 Å². The Bertz CT molecular complexity index is 716. The number of hydrogen-bond donors (Lipinski definition) is 2. The zero-order valence-electron chi connectivity index (χ0n) is 12.3. The Morgan fingerprint density at radius 2 is 1.91 bits per heavy atom. The summed E-state index contributed by atoms with van der Waals surface area (Å²) in [6.45, 7) is 0.202. The molecular formula is C17H16F2N2O2. The zero-order valence-corrected chi connectivity index (χ0v) is 12.3. The summed E-state index contributed by atoms with van der Waals surface area (Å²) in [5.74, 6) is -1.52. The van der Waals surface area contributed by atoms with Crippen molar-refractivity contribution >= 4 is 11.7 Å². The number of amides is 2. The smallest absolute Gasteiger partial charge is 0.322 e. The summed E-state index contributed by atoms with van der Waals surface area (Å²) in [6.07, 6.45) is 0.664. The van der Waals surface area contributed by atoms with Gasteiger partial charge in [-0.05, 0) is 29.7 Å². The molecule has 2 amide bonds. The summed E-state index contributed by atoms with van der Waals surface area (Å²) in [4.78, 5) is 13.9. The van der Waals surface area contributed by atoms with E-state index in [0.29, 0.717) is 13.0 Å². The summed E-state index contributed by atoms with van der Waals surface area (Å²) in [7, 11) is 0. The van der Waals surface area contributed by atoms with Crippen molar-refractivity contribution in [2.45, 2.75) is 12.5 Å². The molecule has 6 heteroatoms. The monoisotopic (exact) mass is 318 g/mol. The third kappa shape index (κ3) is 3.17. The maximum atomic E-state index is 13.2. The molecule has 3 rings (SSSR count). The van der Waals surface area contributed by atoms with Gasteiger partial charge in [0.15, 0.2) is 0 Å². The summed E-state index contributed by atoms with van der Waals surface area (Å²) >= 11 is 0. The van der Waals surface area contributed by atoms with Crippen LogP contribution >= 0.6 is 0 Å². The number of urea groups is 1. The maximum absolute atomic E-state index is 13.2. The molecule has 0 fully saturated rings. The third-order valence-electron chi connectivity index (χ3n) is 3.96. The van der Waals surface area contributed by atoms with E-state index in [4.69, 9.17) is 0 Å². The normalized spacial score (nSPS) is 16.8. The van der Waals surface area contributed by atoms with E-state index in [1.54, 1.807) is 0 Å². The molecule has 2 aromatic rings. The van der Waals surface area contributed by atoms with E-state index in [1.165, 1.54) is 4.90 Å². The number of anilines is 1. The van der Waals surface area contributed by atoms with Crippen LogP contribution in [0.3, 0.4) is 0 Å². The molecule has 1 aliphatic heterocycles. The minimum Gasteiger partial charge on any atom is -0.394 e. The van der Waals surface area contributed by atoms with Crippen LogP contribution in [0.15, 0.2) is 42.5 Å². The summed E-state index contributed by atoms with van der Waals surface area (Å²) in [6, 6.07) is 9.47. The first-order chi connectivity index (χ1) is 11.1. The van der Waals surface area contributed by atoms with Crippen LogP contribution in [0.1, 0.15) is 17.2 Å². The molecule has 2 N–H and O–H groups in total. The van der Waals surface area contributed by atoms with Gasteiger partial charge in [0.25, 0.3) is 0 Å². The van der Waals surface area contributed by atoms with Gasteiger partial charge < -0.3 is 15.3 Å². The van der Waals surface area contributed by atoms with Gasteiger partial charge in [-0.2, -0.15) is 0 Å². The zero-order chi connectivity index (χ0) is 16.4. The molecule has 0 bridgehead atoms. The molecule has 1 heterocycles. The van der Waals surface area contributed by atoms with Gasteiger partial charge in [-0.25, -0.2) is 13.6 Å². The van der Waals surface area contributed by atoms with Crippen LogP contribution in [0.2, 0.25) is 0 Å². The summed E-state index contributed by atoms with van der Waals surface area (Å²) in [5.41, 5.74) is 2.03. The highest BCUT2D eigenvalue weighted by Crippen LogP contribution is 2.29. The first-order valence-electron chi connectivity index (χ1n) is 7.31. The lowest BCUT2D eigenvalue weighted by Gasteiger charge is -2.36. The predicted octanol–water partition coefficient (Wildman–Crippen LogP) is 3.09. The Morgan fingerprint density at radius 1 is 1.22 bits per heavy atom. The van der Waals surface area contributed by atoms with E-state index in [2.05, 4.69) is 5.32 Å². The van der Waals surface area contributed by atoms with E-state index in [0.717, 1.165) is 29.3 Å². The molecule has 0 saturated heterocycles. The molecule has 0 radical (unpaired) electrons. The molecule has 0 spiro atoms. The number of fused-ring (bicyclic) bond motifs is 1. The fourth-order valence-corrected chi connectivity index (χ4v) is 2.91. The number of aliphatic hydroxyl groups excluding tert-OH is 1. The molecular weight excluding hydrogens is 302 g/mol. The second-order valence-electron chi connectivity index (χ2n) is 5.43. The molecule has 0 aromatic heterocycles. The first-order valence-corrected chi connectivity index (χ1v) is 7.31. The van der Waals surface area contributed by atoms with E-state index >= 15 is 0 Å². The first kappa shape index (κ1) is 15.4. The lowest BCUT2D eigenvalue weighted by atomic mass is 9.93. The van der Waals surface area contributed by atoms with E-state index in [9.17, 15) is 18.7 Å². The van der Waals surface area contributed by atoms with Crippen molar-refractivity contribution in [3.63, 3.8) is 0 Å². The highest BCUT2D eigenvalue weighted by Gasteiger charge is 2.30. The highest BCUT2D eigenvalue weighted by atomic mass is 19.1. The minimum atomic E-state index is -0.761. The number of carbonyl (C=O) groups is 1. The van der Waals surface area contributed by atoms with Gasteiger partial charge >= 0.3 is 6.03 Å². The molecule has 4 nitrogen and oxygen atoms in total. The molecule has 0 aliphatic carbocycles. The van der Waals surface area contributed by atoms with Crippen molar-refractivity contribution < 1.29 is 18.7 Å². The lowest BCUT2D eigenvalue weighted by Crippen LogP contribution is -2.43. The predicted molar refractivity (Wildman–Crippen MR) is 82.1 cm³/mol. The minimum absolute atomic E-state index is 0.0445. The number of halogens is 2. The van der Waals surface area contributed by atoms with Crippen LogP contribution in [-0.4, -0.2) is 29.2 Å². The number of benzene rings is 2. The molecule has 120 valence electrons. The quantitative estimate of drug-likeness (QED) is 0.894. The Balaban J connectivity index is 1.82. The summed E-state index contributed by atoms with van der Waals surface area (Å²) in [5, 5.41) is 12.2. The second-order valence-corrected chi connectivity index (χ2v) is 5.43. The van der Waals surface area contributed by atoms with Gasteiger partial charge in [0.2, 0.25) is 0 Å². The van der Waals surface area contributed by atoms with E-state index < -0.39 is 23.7 Å². The van der Waals surface area contributed by atoms with Crippen molar-refractivity contribution in [2.24, 2.45) is 0 Å². The van der Waals surface area contributed by atoms with Crippen LogP contribution in [0.25, 0.3) is 0 Å². The van der Waals surface area contributed by atoms with Crippen molar-refractivity contribution in [3.8, 4) is 0 Å². The van der Waals surface area contributed by atoms with E-state index in [-0.39, 0.29) is 12.3 Å². The van der Waals surface area contributed by atoms with Crippen LogP contribution < -0.4 is 5.32 Å². The average Bonchev–Trinajstić information content (AvgIpc) is 2.52. The SMILES string of the molecule is O=C(Nc1cc(F)cc(F)c1)N1CCc2ccccc2C1CO. The summed E-state index contributed by atoms with van der Waals surface area (Å²) < 4.78 is 26.4. The number of hydrogen-bond acceptors (Lipinski definition) is 2. The van der Waals surface area contributed by atoms with Crippen molar-refractivity contribution in [2.75, 3.05) is 18.5 Å². The number of rotatable bonds is 2. The van der Waals surface area contributed by atoms with Crippen LogP contribution in [0.4, 0.5) is 19.3 Å². The largest absolute Gasteiger partial charge is 0.394 e. The van der Waals surface area contributed by atoms with Gasteiger partial charge in [-0.3, -0.25) is 0 Å². The molecule has 1 unspecified atom stereocenters. The fourth-order valence-electron chi connectivity index (χ4n) is 2.91. The van der Waals surface area contributed by atoms with Gasteiger partial charge in [-0.1, -0.05) is 24.3 Å². The Morgan fingerprint density at radius 3 is 2.61 bits per heavy atom. The third-order valence-corrected chi connectivity index (χ3v) is 3.96. The average molecular weight is 318 g/mol. The molecule has 2 aromatic carbocycles. The van der Waals surface area contributed by atoms with Gasteiger partial charge in [0.1, 0.15) is 11.6 Å². The van der Waals surface area contributed by atoms with Crippen molar-refractivity contribution in [1.82, 2.24) is 4.90 Å².